The summed E-state index contributed by atoms with van der Waals surface area (Å²) in [6, 6.07) is 7.34. The van der Waals surface area contributed by atoms with E-state index >= 15 is 0 Å². The first-order valence-corrected chi connectivity index (χ1v) is 14.9. The van der Waals surface area contributed by atoms with Gasteiger partial charge in [0, 0.05) is 0 Å². The average molecular weight is 486 g/mol. The molecule has 1 aliphatic rings. The summed E-state index contributed by atoms with van der Waals surface area (Å²) in [7, 11) is 0. The van der Waals surface area contributed by atoms with Crippen LogP contribution in [0.5, 0.6) is 0 Å². The Hall–Kier alpha value is -1.80. The number of amides is 1. The van der Waals surface area contributed by atoms with E-state index in [4.69, 9.17) is 9.26 Å². The maximum atomic E-state index is 12.5. The number of hydrogen-bond acceptors (Lipinski definition) is 7. The van der Waals surface area contributed by atoms with Crippen LogP contribution in [0.15, 0.2) is 47.4 Å². The molecule has 0 radical (unpaired) electrons. The molecule has 2 aromatic rings. The Morgan fingerprint density at radius 2 is 2.14 bits per heavy atom. The molecule has 1 saturated heterocycles. The molecule has 3 rings (SSSR count). The number of ether oxygens (including phenoxy) is 1. The number of carbonyl (C=O) groups excluding carboxylic acids is 1. The Balaban J connectivity index is 1.72. The van der Waals surface area contributed by atoms with Gasteiger partial charge in [-0.3, -0.25) is 0 Å². The fourth-order valence-electron chi connectivity index (χ4n) is 2.91. The number of rotatable bonds is 7. The van der Waals surface area contributed by atoms with E-state index < -0.39 is 30.2 Å². The van der Waals surface area contributed by atoms with Gasteiger partial charge in [0.1, 0.15) is 0 Å². The first kappa shape index (κ1) is 21.9. The van der Waals surface area contributed by atoms with Crippen molar-refractivity contribution in [3.8, 4) is 0 Å². The van der Waals surface area contributed by atoms with Crippen molar-refractivity contribution in [2.75, 3.05) is 18.6 Å². The van der Waals surface area contributed by atoms with Crippen LogP contribution in [-0.4, -0.2) is 60.6 Å². The Morgan fingerprint density at radius 1 is 1.41 bits per heavy atom. The standard InChI is InChI=1S/C18H22N3O6PSe/c1-28(25,29-2)27-13-10-16(26-14(13)11-22)21-9-8-15(20-18(21)24)19-17(23)12-6-4-3-5-7-12/h3-9,13-14,16,22H,10-11H2,1-2H3,(H,19,20,23,24)/t13-,14+,16+,28?/m0/s1. The van der Waals surface area contributed by atoms with E-state index in [-0.39, 0.29) is 39.3 Å². The van der Waals surface area contributed by atoms with E-state index in [0.717, 1.165) is 0 Å². The van der Waals surface area contributed by atoms with Gasteiger partial charge in [-0.15, -0.1) is 0 Å². The van der Waals surface area contributed by atoms with Crippen LogP contribution in [0.25, 0.3) is 0 Å². The molecule has 1 aromatic heterocycles. The second kappa shape index (κ2) is 9.34. The molecule has 2 N–H and O–H groups in total. The quantitative estimate of drug-likeness (QED) is 0.452. The zero-order valence-electron chi connectivity index (χ0n) is 15.9. The Bertz CT molecular complexity index is 970. The predicted molar refractivity (Wildman–Crippen MR) is 109 cm³/mol. The second-order valence-electron chi connectivity index (χ2n) is 6.47. The van der Waals surface area contributed by atoms with Crippen LogP contribution in [0.3, 0.4) is 0 Å². The number of anilines is 1. The van der Waals surface area contributed by atoms with Crippen LogP contribution in [0.1, 0.15) is 23.0 Å². The number of nitrogens with zero attached hydrogens (tertiary/aromatic N) is 2. The van der Waals surface area contributed by atoms with Crippen molar-refractivity contribution in [1.82, 2.24) is 9.55 Å². The number of aliphatic hydroxyl groups is 1. The second-order valence-corrected chi connectivity index (χ2v) is 15.1. The van der Waals surface area contributed by atoms with Crippen molar-refractivity contribution >= 4 is 32.3 Å². The molecule has 1 aliphatic heterocycles. The van der Waals surface area contributed by atoms with Crippen LogP contribution in [0, 0.1) is 0 Å². The molecule has 0 bridgehead atoms. The number of hydrogen-bond donors (Lipinski definition) is 2. The number of nitrogens with one attached hydrogen (secondary N) is 1. The number of benzene rings is 1. The van der Waals surface area contributed by atoms with Gasteiger partial charge >= 0.3 is 143 Å². The van der Waals surface area contributed by atoms with E-state index in [1.165, 1.54) is 16.8 Å². The molecule has 0 spiro atoms. The maximum absolute atomic E-state index is 12.5. The van der Waals surface area contributed by atoms with Crippen molar-refractivity contribution in [2.45, 2.75) is 30.7 Å². The van der Waals surface area contributed by atoms with E-state index in [1.807, 2.05) is 5.82 Å². The van der Waals surface area contributed by atoms with Gasteiger partial charge in [0.25, 0.3) is 0 Å². The first-order chi connectivity index (χ1) is 13.8. The van der Waals surface area contributed by atoms with Crippen molar-refractivity contribution in [1.29, 1.82) is 0 Å². The third kappa shape index (κ3) is 5.42. The van der Waals surface area contributed by atoms with Gasteiger partial charge in [0.15, 0.2) is 0 Å². The number of aromatic nitrogens is 2. The molecule has 1 fully saturated rings. The van der Waals surface area contributed by atoms with Gasteiger partial charge in [0.2, 0.25) is 0 Å². The summed E-state index contributed by atoms with van der Waals surface area (Å²) in [6.45, 7) is 1.25. The third-order valence-electron chi connectivity index (χ3n) is 4.44. The molecule has 156 valence electrons. The van der Waals surface area contributed by atoms with E-state index in [0.29, 0.717) is 5.56 Å². The topological polar surface area (TPSA) is 120 Å². The molecule has 11 heteroatoms. The molecular weight excluding hydrogens is 464 g/mol. The molecule has 0 aliphatic carbocycles. The van der Waals surface area contributed by atoms with Gasteiger partial charge < -0.3 is 0 Å². The van der Waals surface area contributed by atoms with Crippen molar-refractivity contribution in [2.24, 2.45) is 0 Å². The number of aliphatic hydroxyl groups excluding tert-OH is 1. The minimum absolute atomic E-state index is 0.122. The Kier molecular flexibility index (Phi) is 7.05. The normalized spacial score (nSPS) is 23.5. The zero-order valence-corrected chi connectivity index (χ0v) is 18.5. The SMILES string of the molecule is C[Se]P(C)(=O)O[C@H]1C[C@H](n2ccc(NC(=O)c3ccccc3)nc2=O)O[C@@H]1CO. The van der Waals surface area contributed by atoms with Crippen LogP contribution in [0.4, 0.5) is 5.82 Å². The summed E-state index contributed by atoms with van der Waals surface area (Å²) in [6.07, 6.45) is -0.240. The van der Waals surface area contributed by atoms with Crippen LogP contribution >= 0.6 is 6.06 Å². The summed E-state index contributed by atoms with van der Waals surface area (Å²) in [4.78, 5) is 28.5. The van der Waals surface area contributed by atoms with Crippen LogP contribution in [0.2, 0.25) is 5.82 Å². The fraction of sp³-hybridized carbons (Fsp3) is 0.389. The molecule has 4 atom stereocenters. The van der Waals surface area contributed by atoms with Gasteiger partial charge in [0.05, 0.1) is 0 Å². The number of carbonyl (C=O) groups is 1. The monoisotopic (exact) mass is 487 g/mol. The molecule has 1 aromatic carbocycles. The van der Waals surface area contributed by atoms with Gasteiger partial charge in [-0.1, -0.05) is 18.2 Å². The summed E-state index contributed by atoms with van der Waals surface area (Å²) < 4.78 is 25.0. The summed E-state index contributed by atoms with van der Waals surface area (Å²) >= 11 is -0.192. The fourth-order valence-corrected chi connectivity index (χ4v) is 4.95. The molecule has 1 unspecified atom stereocenters. The molecule has 9 nitrogen and oxygen atoms in total. The van der Waals surface area contributed by atoms with E-state index in [9.17, 15) is 19.3 Å². The van der Waals surface area contributed by atoms with Gasteiger partial charge in [-0.05, 0) is 12.1 Å². The molecule has 29 heavy (non-hydrogen) atoms. The van der Waals surface area contributed by atoms with Crippen LogP contribution in [-0.2, 0) is 13.8 Å². The van der Waals surface area contributed by atoms with Gasteiger partial charge in [-0.25, -0.2) is 0 Å². The van der Waals surface area contributed by atoms with Crippen molar-refractivity contribution in [3.05, 3.63) is 58.6 Å². The van der Waals surface area contributed by atoms with Crippen molar-refractivity contribution in [3.63, 3.8) is 0 Å². The third-order valence-corrected chi connectivity index (χ3v) is 10.5. The molecule has 1 amide bonds. The first-order valence-electron chi connectivity index (χ1n) is 8.86. The van der Waals surface area contributed by atoms with E-state index in [2.05, 4.69) is 10.3 Å². The predicted octanol–water partition coefficient (Wildman–Crippen LogP) is 1.74. The molecule has 0 saturated carbocycles. The summed E-state index contributed by atoms with van der Waals surface area (Å²) in [5.41, 5.74) is -0.164. The zero-order chi connectivity index (χ0) is 21.0. The van der Waals surface area contributed by atoms with Crippen molar-refractivity contribution < 1.29 is 23.7 Å². The molecule has 2 heterocycles. The minimum atomic E-state index is -2.74. The van der Waals surface area contributed by atoms with Crippen LogP contribution < -0.4 is 11.0 Å². The Labute approximate surface area is 173 Å². The molecular formula is C18H22N3O6PSe. The summed E-state index contributed by atoms with van der Waals surface area (Å²) in [5, 5.41) is 12.1. The average Bonchev–Trinajstić information content (AvgIpc) is 3.10. The summed E-state index contributed by atoms with van der Waals surface area (Å²) in [5.74, 6) is 1.57. The van der Waals surface area contributed by atoms with Gasteiger partial charge in [-0.2, -0.15) is 0 Å². The van der Waals surface area contributed by atoms with E-state index in [1.54, 1.807) is 37.0 Å². The Morgan fingerprint density at radius 3 is 2.76 bits per heavy atom.